The number of rotatable bonds is 4. The second-order valence-electron chi connectivity index (χ2n) is 19.4. The van der Waals surface area contributed by atoms with E-state index in [0.29, 0.717) is 0 Å². The highest BCUT2D eigenvalue weighted by molar-refractivity contribution is 6.27. The molecule has 0 bridgehead atoms. The molecule has 0 N–H and O–H groups in total. The molecular formula is C72H44O2. The summed E-state index contributed by atoms with van der Waals surface area (Å²) in [4.78, 5) is 0. The largest absolute Gasteiger partial charge is 0.456 e. The molecule has 0 unspecified atom stereocenters. The van der Waals surface area contributed by atoms with E-state index in [1.54, 1.807) is 0 Å². The first-order valence-electron chi connectivity index (χ1n) is 25.4. The van der Waals surface area contributed by atoms with Crippen LogP contribution in [-0.2, 0) is 0 Å². The lowest BCUT2D eigenvalue weighted by molar-refractivity contribution is 0.669. The van der Waals surface area contributed by atoms with Crippen molar-refractivity contribution in [2.45, 2.75) is 0 Å². The average molecular weight is 941 g/mol. The Bertz CT molecular complexity index is 4760. The Kier molecular flexibility index (Phi) is 9.61. The van der Waals surface area contributed by atoms with Crippen molar-refractivity contribution in [2.24, 2.45) is 0 Å². The summed E-state index contributed by atoms with van der Waals surface area (Å²) in [6, 6.07) is 95.6. The Balaban J connectivity index is 0.000000131. The minimum Gasteiger partial charge on any atom is -0.456 e. The first-order chi connectivity index (χ1) is 36.7. The molecule has 0 atom stereocenters. The summed E-state index contributed by atoms with van der Waals surface area (Å²) in [5, 5.41) is 19.5. The van der Waals surface area contributed by atoms with Gasteiger partial charge in [-0.15, -0.1) is 0 Å². The Morgan fingerprint density at radius 1 is 0.203 bits per heavy atom. The molecule has 0 radical (unpaired) electrons. The van der Waals surface area contributed by atoms with E-state index >= 15 is 0 Å². The smallest absolute Gasteiger partial charge is 0.143 e. The molecule has 16 aromatic rings. The third-order valence-corrected chi connectivity index (χ3v) is 15.3. The van der Waals surface area contributed by atoms with Crippen molar-refractivity contribution in [1.82, 2.24) is 0 Å². The Morgan fingerprint density at radius 3 is 1.20 bits per heavy atom. The van der Waals surface area contributed by atoms with Crippen molar-refractivity contribution in [3.05, 3.63) is 267 Å². The lowest BCUT2D eigenvalue weighted by Crippen LogP contribution is -1.91. The average Bonchev–Trinajstić information content (AvgIpc) is 4.06. The molecule has 2 aromatic heterocycles. The minimum atomic E-state index is 0.920. The fourth-order valence-electron chi connectivity index (χ4n) is 12.1. The third-order valence-electron chi connectivity index (χ3n) is 15.3. The quantitative estimate of drug-likeness (QED) is 0.164. The third kappa shape index (κ3) is 6.59. The van der Waals surface area contributed by atoms with Gasteiger partial charge in [0.05, 0.1) is 0 Å². The molecule has 14 aromatic carbocycles. The molecule has 2 heteroatoms. The first-order valence-corrected chi connectivity index (χ1v) is 25.4. The second kappa shape index (κ2) is 16.9. The number of hydrogen-bond donors (Lipinski definition) is 0. The van der Waals surface area contributed by atoms with E-state index in [2.05, 4.69) is 267 Å². The minimum absolute atomic E-state index is 0.920. The molecule has 0 amide bonds. The van der Waals surface area contributed by atoms with E-state index in [-0.39, 0.29) is 0 Å². The van der Waals surface area contributed by atoms with E-state index in [0.717, 1.165) is 43.9 Å². The second-order valence-corrected chi connectivity index (χ2v) is 19.4. The number of benzene rings is 14. The Morgan fingerprint density at radius 2 is 0.649 bits per heavy atom. The van der Waals surface area contributed by atoms with Gasteiger partial charge in [-0.25, -0.2) is 0 Å². The molecule has 16 rings (SSSR count). The Hall–Kier alpha value is -9.76. The zero-order valence-corrected chi connectivity index (χ0v) is 40.2. The molecule has 0 fully saturated rings. The molecule has 2 nitrogen and oxygen atoms in total. The van der Waals surface area contributed by atoms with Crippen LogP contribution in [0.1, 0.15) is 0 Å². The van der Waals surface area contributed by atoms with E-state index < -0.39 is 0 Å². The highest BCUT2D eigenvalue weighted by atomic mass is 16.3. The monoisotopic (exact) mass is 940 g/mol. The summed E-state index contributed by atoms with van der Waals surface area (Å²) in [6.07, 6.45) is 0. The molecule has 2 heterocycles. The van der Waals surface area contributed by atoms with Crippen LogP contribution in [0.4, 0.5) is 0 Å². The van der Waals surface area contributed by atoms with Gasteiger partial charge in [0.25, 0.3) is 0 Å². The standard InChI is InChI=1S/2C36H22O/c1-2-12-24(13-3-1)33-26-15-6-8-17-28(26)34(29-18-9-7-16-27(29)33)30-19-10-20-32-35(30)31-22-21-23-11-4-5-14-25(23)36(31)37-32;1-2-10-23(11-3-1)35-27-14-6-8-16-29(27)36(30-17-9-7-15-28(30)35)26-18-19-33-31(21-26)32-20-24-12-4-5-13-25(24)22-34(32)37-33/h2*1-22H. The molecule has 0 saturated carbocycles. The summed E-state index contributed by atoms with van der Waals surface area (Å²) < 4.78 is 12.8. The van der Waals surface area contributed by atoms with Gasteiger partial charge in [0.15, 0.2) is 0 Å². The SMILES string of the molecule is c1ccc(-c2c3ccccc3c(-c3ccc4oc5cc6ccccc6cc5c4c3)c3ccccc23)cc1.c1ccc(-c2c3ccccc3c(-c3cccc4oc5c6ccccc6ccc5c34)c3ccccc23)cc1. The normalized spacial score (nSPS) is 11.8. The van der Waals surface area contributed by atoms with E-state index in [9.17, 15) is 0 Å². The van der Waals surface area contributed by atoms with E-state index in [1.807, 2.05) is 0 Å². The van der Waals surface area contributed by atoms with Gasteiger partial charge in [0.2, 0.25) is 0 Å². The summed E-state index contributed by atoms with van der Waals surface area (Å²) in [6.45, 7) is 0. The van der Waals surface area contributed by atoms with Crippen molar-refractivity contribution in [3.63, 3.8) is 0 Å². The lowest BCUT2D eigenvalue weighted by Gasteiger charge is -2.18. The van der Waals surface area contributed by atoms with Crippen LogP contribution in [0.3, 0.4) is 0 Å². The van der Waals surface area contributed by atoms with Crippen LogP contribution in [0.2, 0.25) is 0 Å². The maximum atomic E-state index is 6.55. The van der Waals surface area contributed by atoms with Crippen molar-refractivity contribution >= 4 is 109 Å². The molecule has 74 heavy (non-hydrogen) atoms. The van der Waals surface area contributed by atoms with Crippen LogP contribution in [0, 0.1) is 0 Å². The molecular weight excluding hydrogens is 897 g/mol. The van der Waals surface area contributed by atoms with Gasteiger partial charge in [-0.05, 0) is 140 Å². The molecule has 0 aliphatic heterocycles. The summed E-state index contributed by atoms with van der Waals surface area (Å²) in [5.41, 5.74) is 13.7. The topological polar surface area (TPSA) is 26.3 Å². The van der Waals surface area contributed by atoms with Crippen LogP contribution in [0.25, 0.3) is 153 Å². The molecule has 0 spiro atoms. The zero-order chi connectivity index (χ0) is 48.7. The van der Waals surface area contributed by atoms with Crippen molar-refractivity contribution in [2.75, 3.05) is 0 Å². The summed E-state index contributed by atoms with van der Waals surface area (Å²) >= 11 is 0. The van der Waals surface area contributed by atoms with Crippen LogP contribution < -0.4 is 0 Å². The highest BCUT2D eigenvalue weighted by Gasteiger charge is 2.22. The predicted molar refractivity (Wildman–Crippen MR) is 314 cm³/mol. The van der Waals surface area contributed by atoms with Crippen molar-refractivity contribution in [3.8, 4) is 44.5 Å². The molecule has 0 aliphatic rings. The van der Waals surface area contributed by atoms with Crippen LogP contribution in [-0.4, -0.2) is 0 Å². The molecule has 344 valence electrons. The first kappa shape index (κ1) is 42.0. The van der Waals surface area contributed by atoms with Gasteiger partial charge >= 0.3 is 0 Å². The lowest BCUT2D eigenvalue weighted by atomic mass is 9.85. The number of furan rings is 2. The van der Waals surface area contributed by atoms with Gasteiger partial charge in [-0.2, -0.15) is 0 Å². The predicted octanol–water partition coefficient (Wildman–Crippen LogP) is 20.8. The van der Waals surface area contributed by atoms with E-state index in [1.165, 1.54) is 109 Å². The zero-order valence-electron chi connectivity index (χ0n) is 40.2. The highest BCUT2D eigenvalue weighted by Crippen LogP contribution is 2.48. The summed E-state index contributed by atoms with van der Waals surface area (Å²) in [7, 11) is 0. The van der Waals surface area contributed by atoms with Gasteiger partial charge in [0, 0.05) is 26.9 Å². The fraction of sp³-hybridized carbons (Fsp3) is 0. The number of fused-ring (bicyclic) bond motifs is 13. The maximum Gasteiger partial charge on any atom is 0.143 e. The van der Waals surface area contributed by atoms with Crippen LogP contribution >= 0.6 is 0 Å². The van der Waals surface area contributed by atoms with Gasteiger partial charge in [-0.1, -0.05) is 231 Å². The summed E-state index contributed by atoms with van der Waals surface area (Å²) in [5.74, 6) is 0. The number of hydrogen-bond acceptors (Lipinski definition) is 2. The Labute approximate surface area is 426 Å². The molecule has 0 saturated heterocycles. The van der Waals surface area contributed by atoms with Crippen molar-refractivity contribution in [1.29, 1.82) is 0 Å². The maximum absolute atomic E-state index is 6.55. The van der Waals surface area contributed by atoms with Crippen LogP contribution in [0.15, 0.2) is 276 Å². The van der Waals surface area contributed by atoms with E-state index in [4.69, 9.17) is 8.83 Å². The van der Waals surface area contributed by atoms with Crippen LogP contribution in [0.5, 0.6) is 0 Å². The van der Waals surface area contributed by atoms with Gasteiger partial charge in [0.1, 0.15) is 22.3 Å². The molecule has 0 aliphatic carbocycles. The van der Waals surface area contributed by atoms with Gasteiger partial charge in [-0.3, -0.25) is 0 Å². The van der Waals surface area contributed by atoms with Gasteiger partial charge < -0.3 is 8.83 Å². The fourth-order valence-corrected chi connectivity index (χ4v) is 12.1. The van der Waals surface area contributed by atoms with Crippen molar-refractivity contribution < 1.29 is 8.83 Å².